The Kier molecular flexibility index (Phi) is 4.00. The largest absolute Gasteiger partial charge is 0.307 e. The molecule has 0 unspecified atom stereocenters. The van der Waals surface area contributed by atoms with Gasteiger partial charge >= 0.3 is 0 Å². The maximum absolute atomic E-state index is 12.2. The van der Waals surface area contributed by atoms with Gasteiger partial charge in [0.2, 0.25) is 0 Å². The molecule has 0 fully saturated rings. The number of benzene rings is 1. The van der Waals surface area contributed by atoms with Crippen LogP contribution in [0.2, 0.25) is 0 Å². The summed E-state index contributed by atoms with van der Waals surface area (Å²) in [5, 5.41) is 2.81. The average Bonchev–Trinajstić information content (AvgIpc) is 2.32. The van der Waals surface area contributed by atoms with Crippen LogP contribution >= 0.6 is 15.9 Å². The first-order valence-electron chi connectivity index (χ1n) is 5.98. The van der Waals surface area contributed by atoms with Gasteiger partial charge in [0.1, 0.15) is 5.82 Å². The molecule has 1 aromatic heterocycles. The summed E-state index contributed by atoms with van der Waals surface area (Å²) in [5.74, 6) is 0.422. The molecule has 1 amide bonds. The van der Waals surface area contributed by atoms with Crippen LogP contribution in [0.5, 0.6) is 0 Å². The van der Waals surface area contributed by atoms with Crippen LogP contribution in [0.4, 0.5) is 5.82 Å². The number of nitrogens with one attached hydrogen (secondary N) is 1. The van der Waals surface area contributed by atoms with Crippen molar-refractivity contribution in [1.29, 1.82) is 0 Å². The topological polar surface area (TPSA) is 42.0 Å². The van der Waals surface area contributed by atoms with E-state index in [0.29, 0.717) is 11.4 Å². The fourth-order valence-corrected chi connectivity index (χ4v) is 2.13. The van der Waals surface area contributed by atoms with Crippen LogP contribution in [0.15, 0.2) is 34.8 Å². The molecular weight excluding hydrogens is 304 g/mol. The molecule has 0 bridgehead atoms. The molecule has 4 heteroatoms. The summed E-state index contributed by atoms with van der Waals surface area (Å²) < 4.78 is 0.928. The molecular formula is C15H15BrN2O. The maximum Gasteiger partial charge on any atom is 0.256 e. The number of anilines is 1. The van der Waals surface area contributed by atoms with Crippen LogP contribution in [0.1, 0.15) is 27.2 Å². The Labute approximate surface area is 121 Å². The van der Waals surface area contributed by atoms with Gasteiger partial charge in [-0.25, -0.2) is 4.98 Å². The molecule has 0 atom stereocenters. The number of amides is 1. The van der Waals surface area contributed by atoms with Gasteiger partial charge in [-0.2, -0.15) is 0 Å². The van der Waals surface area contributed by atoms with Crippen molar-refractivity contribution in [3.05, 3.63) is 57.2 Å². The molecule has 0 aliphatic rings. The maximum atomic E-state index is 12.2. The highest BCUT2D eigenvalue weighted by Crippen LogP contribution is 2.17. The second-order valence-corrected chi connectivity index (χ2v) is 5.45. The average molecular weight is 319 g/mol. The summed E-state index contributed by atoms with van der Waals surface area (Å²) in [6.45, 7) is 5.84. The number of rotatable bonds is 2. The first kappa shape index (κ1) is 13.7. The van der Waals surface area contributed by atoms with Crippen molar-refractivity contribution in [2.75, 3.05) is 5.32 Å². The van der Waals surface area contributed by atoms with Gasteiger partial charge in [0.25, 0.3) is 5.91 Å². The smallest absolute Gasteiger partial charge is 0.256 e. The van der Waals surface area contributed by atoms with Crippen LogP contribution in [0.3, 0.4) is 0 Å². The number of pyridine rings is 1. The lowest BCUT2D eigenvalue weighted by atomic mass is 10.1. The molecule has 0 aliphatic carbocycles. The number of aryl methyl sites for hydroxylation is 3. The molecule has 19 heavy (non-hydrogen) atoms. The fraction of sp³-hybridized carbons (Fsp3) is 0.200. The third-order valence-electron chi connectivity index (χ3n) is 2.75. The number of hydrogen-bond donors (Lipinski definition) is 1. The Balaban J connectivity index is 2.22. The van der Waals surface area contributed by atoms with Gasteiger partial charge in [-0.3, -0.25) is 4.79 Å². The van der Waals surface area contributed by atoms with Crippen molar-refractivity contribution in [3.8, 4) is 0 Å². The Morgan fingerprint density at radius 2 is 1.74 bits per heavy atom. The van der Waals surface area contributed by atoms with Crippen molar-refractivity contribution < 1.29 is 4.79 Å². The van der Waals surface area contributed by atoms with E-state index in [1.165, 1.54) is 0 Å². The zero-order valence-corrected chi connectivity index (χ0v) is 12.7. The normalized spacial score (nSPS) is 10.3. The Morgan fingerprint density at radius 3 is 2.32 bits per heavy atom. The van der Waals surface area contributed by atoms with Gasteiger partial charge in [-0.05, 0) is 61.0 Å². The molecule has 1 heterocycles. The monoisotopic (exact) mass is 318 g/mol. The first-order valence-corrected chi connectivity index (χ1v) is 6.78. The number of hydrogen-bond acceptors (Lipinski definition) is 2. The van der Waals surface area contributed by atoms with Crippen molar-refractivity contribution in [2.24, 2.45) is 0 Å². The van der Waals surface area contributed by atoms with Crippen molar-refractivity contribution in [3.63, 3.8) is 0 Å². The molecule has 1 N–H and O–H groups in total. The van der Waals surface area contributed by atoms with Crippen molar-refractivity contribution >= 4 is 27.7 Å². The number of carbonyl (C=O) groups is 1. The molecule has 0 saturated heterocycles. The van der Waals surface area contributed by atoms with E-state index in [9.17, 15) is 4.79 Å². The molecule has 0 saturated carbocycles. The van der Waals surface area contributed by atoms with Gasteiger partial charge in [-0.1, -0.05) is 17.2 Å². The van der Waals surface area contributed by atoms with Gasteiger partial charge in [-0.15, -0.1) is 0 Å². The lowest BCUT2D eigenvalue weighted by molar-refractivity contribution is 0.102. The minimum atomic E-state index is -0.138. The van der Waals surface area contributed by atoms with Crippen LogP contribution in [-0.4, -0.2) is 10.9 Å². The molecule has 1 aromatic carbocycles. The van der Waals surface area contributed by atoms with E-state index in [1.54, 1.807) is 6.07 Å². The molecule has 98 valence electrons. The van der Waals surface area contributed by atoms with E-state index in [4.69, 9.17) is 0 Å². The van der Waals surface area contributed by atoms with E-state index in [-0.39, 0.29) is 5.91 Å². The summed E-state index contributed by atoms with van der Waals surface area (Å²) in [7, 11) is 0. The molecule has 2 rings (SSSR count). The Bertz CT molecular complexity index is 618. The standard InChI is InChI=1S/C15H15BrN2O/c1-9-6-10(2)8-12(7-9)15(19)18-14-5-4-13(16)11(3)17-14/h4-8H,1-3H3,(H,17,18,19). The van der Waals surface area contributed by atoms with E-state index in [1.807, 2.05) is 45.0 Å². The third-order valence-corrected chi connectivity index (χ3v) is 3.58. The number of nitrogens with zero attached hydrogens (tertiary/aromatic N) is 1. The van der Waals surface area contributed by atoms with Gasteiger partial charge < -0.3 is 5.32 Å². The highest BCUT2D eigenvalue weighted by molar-refractivity contribution is 9.10. The summed E-state index contributed by atoms with van der Waals surface area (Å²) in [4.78, 5) is 16.5. The van der Waals surface area contributed by atoms with Crippen LogP contribution in [0.25, 0.3) is 0 Å². The predicted octanol–water partition coefficient (Wildman–Crippen LogP) is 4.02. The SMILES string of the molecule is Cc1cc(C)cc(C(=O)Nc2ccc(Br)c(C)n2)c1. The van der Waals surface area contributed by atoms with Gasteiger partial charge in [0, 0.05) is 10.0 Å². The van der Waals surface area contributed by atoms with E-state index >= 15 is 0 Å². The lowest BCUT2D eigenvalue weighted by Gasteiger charge is -2.07. The van der Waals surface area contributed by atoms with Crippen LogP contribution in [-0.2, 0) is 0 Å². The van der Waals surface area contributed by atoms with Gasteiger partial charge in [0.05, 0.1) is 5.69 Å². The van der Waals surface area contributed by atoms with E-state index < -0.39 is 0 Å². The molecule has 2 aromatic rings. The second kappa shape index (κ2) is 5.53. The van der Waals surface area contributed by atoms with Crippen molar-refractivity contribution in [1.82, 2.24) is 4.98 Å². The molecule has 0 aliphatic heterocycles. The number of aromatic nitrogens is 1. The van der Waals surface area contributed by atoms with Crippen LogP contribution < -0.4 is 5.32 Å². The summed E-state index contributed by atoms with van der Waals surface area (Å²) in [6.07, 6.45) is 0. The summed E-state index contributed by atoms with van der Waals surface area (Å²) in [5.41, 5.74) is 3.65. The number of carbonyl (C=O) groups excluding carboxylic acids is 1. The van der Waals surface area contributed by atoms with E-state index in [0.717, 1.165) is 21.3 Å². The minimum absolute atomic E-state index is 0.138. The van der Waals surface area contributed by atoms with Gasteiger partial charge in [0.15, 0.2) is 0 Å². The predicted molar refractivity (Wildman–Crippen MR) is 80.5 cm³/mol. The lowest BCUT2D eigenvalue weighted by Crippen LogP contribution is -2.13. The molecule has 3 nitrogen and oxygen atoms in total. The van der Waals surface area contributed by atoms with E-state index in [2.05, 4.69) is 26.2 Å². The second-order valence-electron chi connectivity index (χ2n) is 4.59. The highest BCUT2D eigenvalue weighted by Gasteiger charge is 2.08. The quantitative estimate of drug-likeness (QED) is 0.908. The fourth-order valence-electron chi connectivity index (χ4n) is 1.91. The molecule has 0 radical (unpaired) electrons. The Hall–Kier alpha value is -1.68. The zero-order chi connectivity index (χ0) is 14.0. The molecule has 0 spiro atoms. The summed E-state index contributed by atoms with van der Waals surface area (Å²) >= 11 is 3.38. The van der Waals surface area contributed by atoms with Crippen molar-refractivity contribution in [2.45, 2.75) is 20.8 Å². The zero-order valence-electron chi connectivity index (χ0n) is 11.1. The Morgan fingerprint density at radius 1 is 1.11 bits per heavy atom. The third kappa shape index (κ3) is 3.41. The number of halogens is 1. The highest BCUT2D eigenvalue weighted by atomic mass is 79.9. The minimum Gasteiger partial charge on any atom is -0.307 e. The first-order chi connectivity index (χ1) is 8.95. The summed E-state index contributed by atoms with van der Waals surface area (Å²) in [6, 6.07) is 9.43. The van der Waals surface area contributed by atoms with Crippen LogP contribution in [0, 0.1) is 20.8 Å².